The molecule has 0 amide bonds. The Balaban J connectivity index is 0.000000153. The minimum atomic E-state index is -0.955. The summed E-state index contributed by atoms with van der Waals surface area (Å²) in [6, 6.07) is 48.6. The number of pyridine rings is 2. The summed E-state index contributed by atoms with van der Waals surface area (Å²) in [6.07, 6.45) is 3.47. The quantitative estimate of drug-likeness (QED) is 0.101. The van der Waals surface area contributed by atoms with Crippen LogP contribution in [0.25, 0.3) is 103 Å². The number of hydrogen-bond acceptors (Lipinski definition) is 34. The van der Waals surface area contributed by atoms with Crippen LogP contribution in [0.5, 0.6) is 5.75 Å². The molecule has 0 aliphatic heterocycles. The fourth-order valence-corrected chi connectivity index (χ4v) is 10.7. The van der Waals surface area contributed by atoms with E-state index in [4.69, 9.17) is 66.1 Å². The Morgan fingerprint density at radius 1 is 0.351 bits per heavy atom. The van der Waals surface area contributed by atoms with Gasteiger partial charge in [0.05, 0.1) is 51.1 Å². The molecule has 11 heterocycles. The molecule has 0 saturated carbocycles. The molecule has 18 aromatic rings. The number of aromatic nitrogens is 20. The fraction of sp³-hybridized carbons (Fsp3) is 0.187. The van der Waals surface area contributed by atoms with Crippen LogP contribution in [0.4, 0.5) is 17.6 Å². The summed E-state index contributed by atoms with van der Waals surface area (Å²) < 4.78 is 104. The van der Waals surface area contributed by atoms with E-state index in [1.54, 1.807) is 136 Å². The highest BCUT2D eigenvalue weighted by molar-refractivity contribution is 5.88. The predicted molar refractivity (Wildman–Crippen MR) is 458 cm³/mol. The Bertz CT molecular complexity index is 6600. The van der Waals surface area contributed by atoms with Crippen LogP contribution >= 0.6 is 0 Å². The zero-order valence-corrected chi connectivity index (χ0v) is 73.0. The third-order valence-corrected chi connectivity index (χ3v) is 16.9. The lowest BCUT2D eigenvalue weighted by Gasteiger charge is -2.11. The second-order valence-corrected chi connectivity index (χ2v) is 28.2. The molecule has 0 bridgehead atoms. The maximum atomic E-state index is 13.4. The molecule has 0 fully saturated rings. The van der Waals surface area contributed by atoms with E-state index in [1.807, 2.05) is 96.1 Å². The van der Waals surface area contributed by atoms with Crippen LogP contribution in [0.15, 0.2) is 217 Å². The number of rotatable bonds is 13. The van der Waals surface area contributed by atoms with Gasteiger partial charge in [0, 0.05) is 58.5 Å². The van der Waals surface area contributed by atoms with Gasteiger partial charge < -0.3 is 55.6 Å². The van der Waals surface area contributed by atoms with E-state index >= 15 is 0 Å². The molecular formula is C91H80F4N22O14. The van der Waals surface area contributed by atoms with Crippen molar-refractivity contribution in [2.24, 2.45) is 0 Å². The number of benzene rings is 7. The first kappa shape index (κ1) is 95.8. The number of halogens is 4. The third-order valence-electron chi connectivity index (χ3n) is 16.9. The second-order valence-electron chi connectivity index (χ2n) is 28.2. The highest BCUT2D eigenvalue weighted by Gasteiger charge is 2.20. The molecule has 36 nitrogen and oxygen atoms in total. The molecule has 0 unspecified atom stereocenters. The molecule has 40 heteroatoms. The van der Waals surface area contributed by atoms with Crippen LogP contribution in [0.2, 0.25) is 0 Å². The van der Waals surface area contributed by atoms with E-state index < -0.39 is 29.4 Å². The average molecular weight is 1780 g/mol. The van der Waals surface area contributed by atoms with Gasteiger partial charge in [-0.15, -0.1) is 10.2 Å². The zero-order chi connectivity index (χ0) is 94.5. The van der Waals surface area contributed by atoms with Crippen molar-refractivity contribution in [3.63, 3.8) is 0 Å². The van der Waals surface area contributed by atoms with Gasteiger partial charge in [0.15, 0.2) is 46.6 Å². The van der Waals surface area contributed by atoms with Crippen molar-refractivity contribution in [1.29, 1.82) is 10.5 Å². The van der Waals surface area contributed by atoms with Gasteiger partial charge in [-0.1, -0.05) is 65.0 Å². The summed E-state index contributed by atoms with van der Waals surface area (Å²) in [5.74, 6) is 4.34. The Kier molecular flexibility index (Phi) is 33.2. The topological polar surface area (TPSA) is 507 Å². The van der Waals surface area contributed by atoms with Crippen molar-refractivity contribution in [3.05, 3.63) is 302 Å². The van der Waals surface area contributed by atoms with Gasteiger partial charge in [0.2, 0.25) is 11.8 Å². The Morgan fingerprint density at radius 3 is 1.07 bits per heavy atom. The van der Waals surface area contributed by atoms with E-state index in [2.05, 4.69) is 107 Å². The van der Waals surface area contributed by atoms with Gasteiger partial charge in [-0.2, -0.15) is 50.4 Å². The van der Waals surface area contributed by atoms with E-state index in [1.165, 1.54) is 60.2 Å². The summed E-state index contributed by atoms with van der Waals surface area (Å²) in [5, 5.41) is 71.9. The predicted octanol–water partition coefficient (Wildman–Crippen LogP) is 19.2. The van der Waals surface area contributed by atoms with Crippen LogP contribution in [-0.2, 0) is 0 Å². The molecule has 666 valence electrons. The number of aromatic carboxylic acids is 2. The Morgan fingerprint density at radius 2 is 0.710 bits per heavy atom. The van der Waals surface area contributed by atoms with Crippen molar-refractivity contribution in [3.8, 4) is 121 Å². The number of hydrogen-bond donors (Lipinski definition) is 2. The molecule has 0 spiro atoms. The summed E-state index contributed by atoms with van der Waals surface area (Å²) >= 11 is 0. The van der Waals surface area contributed by atoms with Crippen molar-refractivity contribution in [2.75, 3.05) is 0 Å². The third kappa shape index (κ3) is 28.5. The van der Waals surface area contributed by atoms with Crippen LogP contribution in [-0.4, -0.2) is 130 Å². The maximum Gasteiger partial charge on any atom is 0.335 e. The minimum absolute atomic E-state index is 0.0219. The highest BCUT2D eigenvalue weighted by Crippen LogP contribution is 2.30. The summed E-state index contributed by atoms with van der Waals surface area (Å²) in [7, 11) is 0. The Labute approximate surface area is 743 Å². The number of carboxylic acids is 2. The van der Waals surface area contributed by atoms with Crippen LogP contribution in [0.3, 0.4) is 0 Å². The molecular weight excluding hydrogens is 1700 g/mol. The molecule has 0 radical (unpaired) electrons. The second kappa shape index (κ2) is 45.4. The molecule has 0 saturated heterocycles. The highest BCUT2D eigenvalue weighted by atomic mass is 19.1. The number of nitriles is 2. The van der Waals surface area contributed by atoms with Gasteiger partial charge in [0.1, 0.15) is 40.7 Å². The Hall–Kier alpha value is -17.5. The largest absolute Gasteiger partial charge is 0.490 e. The number of aryl methyl sites for hydroxylation is 14. The number of ether oxygens (including phenoxy) is 1. The zero-order valence-electron chi connectivity index (χ0n) is 73.0. The average Bonchev–Trinajstić information content (AvgIpc) is 1.56. The van der Waals surface area contributed by atoms with Gasteiger partial charge in [-0.3, -0.25) is 9.97 Å². The van der Waals surface area contributed by atoms with E-state index in [0.717, 1.165) is 39.7 Å². The van der Waals surface area contributed by atoms with Crippen LogP contribution in [0, 0.1) is 143 Å². The van der Waals surface area contributed by atoms with Crippen LogP contribution < -0.4 is 4.74 Å². The van der Waals surface area contributed by atoms with Crippen molar-refractivity contribution in [1.82, 2.24) is 101 Å². The van der Waals surface area contributed by atoms with Crippen molar-refractivity contribution >= 4 is 11.9 Å². The van der Waals surface area contributed by atoms with E-state index in [0.29, 0.717) is 133 Å². The summed E-state index contributed by atoms with van der Waals surface area (Å²) in [5.41, 5.74) is 11.0. The van der Waals surface area contributed by atoms with Gasteiger partial charge in [-0.05, 0) is 261 Å². The van der Waals surface area contributed by atoms with Crippen molar-refractivity contribution in [2.45, 2.75) is 117 Å². The SMILES string of the molecule is Cc1cc(F)c(-c2nc(C)no2)c(F)c1.Cc1ccc(-c2nc(C)no2)c(F)c1.Cc1ccc(-c2nc(C)no2)cn1.Cc1ccc(-c2nc(C)no2)cn1.Cc1ccc(-c2nnc(C)o2)cc1.Cc1noc(-c2cc(F)cc(C#N)c2)n1.Cc1noc(-c2ccc(C(=O)O)cc2)n1.Cc1noc(-c2ccc(C(=O)O)cc2)n1.Cc1noc(-c2ccc(OC(C)C)c(C#N)c2)n1. The lowest BCUT2D eigenvalue weighted by molar-refractivity contribution is 0.0686. The first-order valence-corrected chi connectivity index (χ1v) is 39.1. The first-order valence-electron chi connectivity index (χ1n) is 39.1. The lowest BCUT2D eigenvalue weighted by atomic mass is 10.1. The first-order chi connectivity index (χ1) is 62.6. The molecule has 131 heavy (non-hydrogen) atoms. The summed E-state index contributed by atoms with van der Waals surface area (Å²) in [4.78, 5) is 61.5. The smallest absolute Gasteiger partial charge is 0.335 e. The van der Waals surface area contributed by atoms with Crippen molar-refractivity contribution < 1.29 is 82.7 Å². The minimum Gasteiger partial charge on any atom is -0.490 e. The normalized spacial score (nSPS) is 10.3. The molecule has 0 aliphatic rings. The summed E-state index contributed by atoms with van der Waals surface area (Å²) in [6.45, 7) is 28.6. The number of carboxylic acid groups (broad SMARTS) is 2. The molecule has 0 aliphatic carbocycles. The van der Waals surface area contributed by atoms with E-state index in [-0.39, 0.29) is 51.8 Å². The molecule has 18 rings (SSSR count). The molecule has 11 aromatic heterocycles. The monoisotopic (exact) mass is 1780 g/mol. The molecule has 7 aromatic carbocycles. The molecule has 2 N–H and O–H groups in total. The van der Waals surface area contributed by atoms with Gasteiger partial charge in [0.25, 0.3) is 47.1 Å². The lowest BCUT2D eigenvalue weighted by Crippen LogP contribution is -2.06. The van der Waals surface area contributed by atoms with Gasteiger partial charge in [-0.25, -0.2) is 27.2 Å². The number of nitrogens with zero attached hydrogens (tertiary/aromatic N) is 22. The van der Waals surface area contributed by atoms with E-state index in [9.17, 15) is 27.2 Å². The standard InChI is InChI=1S/C13H13N3O2.C10H8F2N2O.C10H6FN3O.C10H9FN2O.2C10H8N2O3.C10H10N2O.2C9H9N3O/c1-8(2)17-12-5-4-10(6-11(12)7-14)13-15-9(3)16-18-13;1-5-3-7(11)9(8(12)4-5)10-13-6(2)14-15-10;1-6-13-10(15-14-6)8-2-7(5-12)3-9(11)4-8;1-6-3-4-8(9(11)5-6)10-12-7(2)13-14-10;2*1-6-11-9(15-12-6)7-2-4-8(5-3-7)10(13)14;1-7-3-5-9(6-4-7)10-12-11-8(2)13-10;2*1-6-3-4-8(5-10-6)9-11-7(2)12-13-9/h4-6,8H,1-3H3;3-4H,1-2H3;2-4H,1H3;3-5H,1-2H3;2*2-5H,1H3,(H,13,14);3-6H,1-2H3;2*3-5H,1-2H3. The van der Waals surface area contributed by atoms with Crippen LogP contribution in [0.1, 0.15) is 126 Å². The number of carbonyl (C=O) groups is 2. The van der Waals surface area contributed by atoms with Gasteiger partial charge >= 0.3 is 11.9 Å². The fourth-order valence-electron chi connectivity index (χ4n) is 10.7. The maximum absolute atomic E-state index is 13.4. The molecule has 0 atom stereocenters.